The monoisotopic (exact) mass is 181 g/mol. The molecule has 0 aliphatic carbocycles. The number of methoxy groups -OCH3 is 1. The quantitative estimate of drug-likeness (QED) is 0.567. The van der Waals surface area contributed by atoms with Gasteiger partial charge in [0.25, 0.3) is 0 Å². The van der Waals surface area contributed by atoms with Crippen molar-refractivity contribution >= 4 is 12.0 Å². The smallest absolute Gasteiger partial charge is 0.190 e. The molecule has 0 atom stereocenters. The lowest BCUT2D eigenvalue weighted by atomic mass is 10.1. The molecular formula is C8H7NO4. The highest BCUT2D eigenvalue weighted by Gasteiger charge is 2.13. The molecule has 0 aliphatic heterocycles. The van der Waals surface area contributed by atoms with Crippen molar-refractivity contribution < 1.29 is 14.6 Å². The molecule has 0 fully saturated rings. The van der Waals surface area contributed by atoms with E-state index < -0.39 is 0 Å². The van der Waals surface area contributed by atoms with Crippen LogP contribution in [-0.4, -0.2) is 18.5 Å². The number of hydrogen-bond donors (Lipinski definition) is 1. The summed E-state index contributed by atoms with van der Waals surface area (Å²) in [6, 6.07) is 2.55. The molecule has 0 heterocycles. The number of rotatable bonds is 3. The number of aromatic hydroxyl groups is 1. The largest absolute Gasteiger partial charge is 0.504 e. The van der Waals surface area contributed by atoms with Gasteiger partial charge in [-0.25, -0.2) is 0 Å². The molecule has 0 saturated heterocycles. The Balaban J connectivity index is 3.44. The van der Waals surface area contributed by atoms with Crippen molar-refractivity contribution in [3.05, 3.63) is 22.6 Å². The second-order valence-corrected chi connectivity index (χ2v) is 2.26. The Morgan fingerprint density at radius 3 is 2.69 bits per heavy atom. The molecule has 1 aromatic rings. The van der Waals surface area contributed by atoms with Gasteiger partial charge in [0, 0.05) is 5.56 Å². The van der Waals surface area contributed by atoms with Gasteiger partial charge in [-0.3, -0.25) is 4.79 Å². The van der Waals surface area contributed by atoms with Crippen molar-refractivity contribution in [2.75, 3.05) is 7.11 Å². The third kappa shape index (κ3) is 1.48. The number of aldehydes is 1. The molecular weight excluding hydrogens is 174 g/mol. The van der Waals surface area contributed by atoms with Gasteiger partial charge >= 0.3 is 0 Å². The van der Waals surface area contributed by atoms with Gasteiger partial charge < -0.3 is 9.84 Å². The number of benzene rings is 1. The van der Waals surface area contributed by atoms with Gasteiger partial charge in [0.15, 0.2) is 23.5 Å². The van der Waals surface area contributed by atoms with Gasteiger partial charge in [-0.2, -0.15) is 0 Å². The molecule has 0 radical (unpaired) electrons. The Morgan fingerprint density at radius 2 is 2.23 bits per heavy atom. The summed E-state index contributed by atoms with van der Waals surface area (Å²) in [5.41, 5.74) is -0.0952. The number of nitroso groups, excluding NO2 is 1. The lowest BCUT2D eigenvalue weighted by Gasteiger charge is -2.05. The molecule has 1 N–H and O–H groups in total. The van der Waals surface area contributed by atoms with Crippen LogP contribution in [0.4, 0.5) is 5.69 Å². The molecule has 0 saturated carbocycles. The van der Waals surface area contributed by atoms with Crippen LogP contribution < -0.4 is 4.74 Å². The summed E-state index contributed by atoms with van der Waals surface area (Å²) in [6.07, 6.45) is 0.471. The molecule has 13 heavy (non-hydrogen) atoms. The van der Waals surface area contributed by atoms with Crippen LogP contribution in [0.2, 0.25) is 0 Å². The molecule has 0 amide bonds. The highest BCUT2D eigenvalue weighted by Crippen LogP contribution is 2.38. The number of phenolic OH excluding ortho intramolecular Hbond substituents is 1. The first kappa shape index (κ1) is 9.18. The Bertz CT molecular complexity index is 348. The van der Waals surface area contributed by atoms with Gasteiger partial charge in [0.1, 0.15) is 0 Å². The number of phenols is 1. The second-order valence-electron chi connectivity index (χ2n) is 2.26. The first-order valence-corrected chi connectivity index (χ1v) is 3.43. The van der Waals surface area contributed by atoms with Crippen molar-refractivity contribution in [3.63, 3.8) is 0 Å². The first-order chi connectivity index (χ1) is 6.24. The Labute approximate surface area is 73.9 Å². The van der Waals surface area contributed by atoms with Crippen LogP contribution in [0, 0.1) is 4.91 Å². The maximum atomic E-state index is 10.4. The third-order valence-corrected chi connectivity index (χ3v) is 1.56. The average molecular weight is 181 g/mol. The average Bonchev–Trinajstić information content (AvgIpc) is 2.17. The van der Waals surface area contributed by atoms with Crippen LogP contribution in [-0.2, 0) is 0 Å². The third-order valence-electron chi connectivity index (χ3n) is 1.56. The van der Waals surface area contributed by atoms with Crippen molar-refractivity contribution in [2.24, 2.45) is 5.18 Å². The number of carbonyl (C=O) groups excluding carboxylic acids is 1. The summed E-state index contributed by atoms with van der Waals surface area (Å²) in [6.45, 7) is 0. The van der Waals surface area contributed by atoms with E-state index in [1.165, 1.54) is 19.2 Å². The van der Waals surface area contributed by atoms with Crippen LogP contribution in [0.3, 0.4) is 0 Å². The number of hydrogen-bond acceptors (Lipinski definition) is 5. The molecule has 0 aromatic heterocycles. The van der Waals surface area contributed by atoms with Crippen molar-refractivity contribution in [2.45, 2.75) is 0 Å². The zero-order chi connectivity index (χ0) is 9.84. The Kier molecular flexibility index (Phi) is 2.59. The van der Waals surface area contributed by atoms with Crippen molar-refractivity contribution in [3.8, 4) is 11.5 Å². The van der Waals surface area contributed by atoms with E-state index in [0.717, 1.165) is 0 Å². The fraction of sp³-hybridized carbons (Fsp3) is 0.125. The maximum absolute atomic E-state index is 10.4. The van der Waals surface area contributed by atoms with E-state index in [9.17, 15) is 14.8 Å². The standard InChI is InChI=1S/C8H7NO4/c1-13-8-6(11)3-2-5(4-10)7(8)9-12/h2-4,11H,1H3. The molecule has 0 bridgehead atoms. The fourth-order valence-corrected chi connectivity index (χ4v) is 0.966. The van der Waals surface area contributed by atoms with Crippen LogP contribution in [0.5, 0.6) is 11.5 Å². The van der Waals surface area contributed by atoms with E-state index in [4.69, 9.17) is 4.74 Å². The number of carbonyl (C=O) groups is 1. The zero-order valence-corrected chi connectivity index (χ0v) is 6.85. The molecule has 1 rings (SSSR count). The first-order valence-electron chi connectivity index (χ1n) is 3.43. The van der Waals surface area contributed by atoms with Crippen LogP contribution in [0.1, 0.15) is 10.4 Å². The van der Waals surface area contributed by atoms with E-state index in [-0.39, 0.29) is 22.7 Å². The van der Waals surface area contributed by atoms with E-state index in [1.807, 2.05) is 0 Å². The fourth-order valence-electron chi connectivity index (χ4n) is 0.966. The number of nitrogens with zero attached hydrogens (tertiary/aromatic N) is 1. The molecule has 68 valence electrons. The van der Waals surface area contributed by atoms with Crippen LogP contribution in [0.25, 0.3) is 0 Å². The zero-order valence-electron chi connectivity index (χ0n) is 6.85. The van der Waals surface area contributed by atoms with Crippen LogP contribution in [0.15, 0.2) is 17.3 Å². The van der Waals surface area contributed by atoms with E-state index in [2.05, 4.69) is 5.18 Å². The van der Waals surface area contributed by atoms with Gasteiger partial charge in [-0.15, -0.1) is 4.91 Å². The predicted molar refractivity (Wildman–Crippen MR) is 45.5 cm³/mol. The molecule has 5 heteroatoms. The minimum absolute atomic E-state index is 0.0837. The minimum atomic E-state index is -0.220. The summed E-state index contributed by atoms with van der Waals surface area (Å²) in [5.74, 6) is -0.303. The normalized spacial score (nSPS) is 9.31. The lowest BCUT2D eigenvalue weighted by molar-refractivity contribution is 0.112. The highest BCUT2D eigenvalue weighted by atomic mass is 16.5. The summed E-state index contributed by atoms with van der Waals surface area (Å²) >= 11 is 0. The maximum Gasteiger partial charge on any atom is 0.190 e. The van der Waals surface area contributed by atoms with Gasteiger partial charge in [-0.1, -0.05) is 0 Å². The van der Waals surface area contributed by atoms with Crippen molar-refractivity contribution in [1.29, 1.82) is 0 Å². The molecule has 0 aliphatic rings. The van der Waals surface area contributed by atoms with E-state index >= 15 is 0 Å². The Hall–Kier alpha value is -1.91. The SMILES string of the molecule is COc1c(O)ccc(C=O)c1N=O. The summed E-state index contributed by atoms with van der Waals surface area (Å²) < 4.78 is 4.71. The van der Waals surface area contributed by atoms with E-state index in [0.29, 0.717) is 6.29 Å². The minimum Gasteiger partial charge on any atom is -0.504 e. The molecule has 0 spiro atoms. The van der Waals surface area contributed by atoms with Crippen LogP contribution >= 0.6 is 0 Å². The van der Waals surface area contributed by atoms with Gasteiger partial charge in [0.2, 0.25) is 0 Å². The number of ether oxygens (including phenoxy) is 1. The Morgan fingerprint density at radius 1 is 1.54 bits per heavy atom. The lowest BCUT2D eigenvalue weighted by Crippen LogP contribution is -1.88. The van der Waals surface area contributed by atoms with Gasteiger partial charge in [0.05, 0.1) is 7.11 Å². The predicted octanol–water partition coefficient (Wildman–Crippen LogP) is 1.61. The molecule has 1 aromatic carbocycles. The molecule has 0 unspecified atom stereocenters. The topological polar surface area (TPSA) is 76.0 Å². The summed E-state index contributed by atoms with van der Waals surface area (Å²) in [7, 11) is 1.28. The highest BCUT2D eigenvalue weighted by molar-refractivity contribution is 5.86. The summed E-state index contributed by atoms with van der Waals surface area (Å²) in [4.78, 5) is 20.7. The van der Waals surface area contributed by atoms with Gasteiger partial charge in [-0.05, 0) is 17.3 Å². The summed E-state index contributed by atoms with van der Waals surface area (Å²) in [5, 5.41) is 11.8. The van der Waals surface area contributed by atoms with Crippen molar-refractivity contribution in [1.82, 2.24) is 0 Å². The molecule has 5 nitrogen and oxygen atoms in total. The van der Waals surface area contributed by atoms with E-state index in [1.54, 1.807) is 0 Å². The second kappa shape index (κ2) is 3.66.